The predicted molar refractivity (Wildman–Crippen MR) is 86.6 cm³/mol. The van der Waals surface area contributed by atoms with Crippen molar-refractivity contribution >= 4 is 0 Å². The number of hydrogen-bond acceptors (Lipinski definition) is 4. The predicted octanol–water partition coefficient (Wildman–Crippen LogP) is 4.16. The molecule has 0 saturated heterocycles. The lowest BCUT2D eigenvalue weighted by molar-refractivity contribution is -0.175. The summed E-state index contributed by atoms with van der Waals surface area (Å²) in [5.41, 5.74) is -0.220. The number of rotatable bonds is 10. The Balaban J connectivity index is 4.05. The van der Waals surface area contributed by atoms with E-state index in [1.54, 1.807) is 7.11 Å². The van der Waals surface area contributed by atoms with Gasteiger partial charge in [0.25, 0.3) is 0 Å². The zero-order chi connectivity index (χ0) is 16.5. The van der Waals surface area contributed by atoms with Crippen LogP contribution in [0, 0.1) is 0 Å². The second-order valence-corrected chi connectivity index (χ2v) is 7.33. The normalized spacial score (nSPS) is 16.0. The summed E-state index contributed by atoms with van der Waals surface area (Å²) >= 11 is 0. The van der Waals surface area contributed by atoms with Gasteiger partial charge in [0.2, 0.25) is 0 Å². The maximum absolute atomic E-state index is 6.00. The van der Waals surface area contributed by atoms with Crippen LogP contribution >= 0.6 is 0 Å². The summed E-state index contributed by atoms with van der Waals surface area (Å²) in [7, 11) is 1.68. The van der Waals surface area contributed by atoms with E-state index in [0.29, 0.717) is 13.2 Å². The molecule has 0 spiro atoms. The highest BCUT2D eigenvalue weighted by Crippen LogP contribution is 2.15. The lowest BCUT2D eigenvalue weighted by Crippen LogP contribution is -2.29. The summed E-state index contributed by atoms with van der Waals surface area (Å²) < 4.78 is 22.9. The third-order valence-corrected chi connectivity index (χ3v) is 2.93. The summed E-state index contributed by atoms with van der Waals surface area (Å²) in [6.45, 7) is 15.8. The zero-order valence-corrected chi connectivity index (χ0v) is 15.3. The van der Waals surface area contributed by atoms with E-state index in [9.17, 15) is 0 Å². The van der Waals surface area contributed by atoms with Gasteiger partial charge >= 0.3 is 0 Å². The van der Waals surface area contributed by atoms with E-state index in [4.69, 9.17) is 18.9 Å². The first-order valence-electron chi connectivity index (χ1n) is 8.03. The van der Waals surface area contributed by atoms with Crippen molar-refractivity contribution in [3.05, 3.63) is 0 Å². The minimum Gasteiger partial charge on any atom is -0.376 e. The van der Waals surface area contributed by atoms with Crippen LogP contribution in [0.2, 0.25) is 0 Å². The van der Waals surface area contributed by atoms with Gasteiger partial charge in [-0.3, -0.25) is 0 Å². The molecular weight excluding hydrogens is 268 g/mol. The standard InChI is InChI=1S/C17H36O4/c1-9-14(10-12-19-16(2,3)4)21-15(18-8)11-13-20-17(5,6)7/h14-15H,9-13H2,1-8H3. The van der Waals surface area contributed by atoms with Crippen LogP contribution in [0.1, 0.15) is 67.7 Å². The van der Waals surface area contributed by atoms with Crippen LogP contribution in [-0.2, 0) is 18.9 Å². The average Bonchev–Trinajstić information content (AvgIpc) is 2.32. The lowest BCUT2D eigenvalue weighted by atomic mass is 10.1. The van der Waals surface area contributed by atoms with Gasteiger partial charge in [-0.2, -0.15) is 0 Å². The van der Waals surface area contributed by atoms with E-state index >= 15 is 0 Å². The largest absolute Gasteiger partial charge is 0.376 e. The highest BCUT2D eigenvalue weighted by molar-refractivity contribution is 4.63. The molecule has 128 valence electrons. The average molecular weight is 304 g/mol. The third-order valence-electron chi connectivity index (χ3n) is 2.93. The molecule has 0 N–H and O–H groups in total. The van der Waals surface area contributed by atoms with E-state index in [-0.39, 0.29) is 23.6 Å². The molecule has 0 saturated carbocycles. The second kappa shape index (κ2) is 9.78. The molecule has 4 nitrogen and oxygen atoms in total. The summed E-state index contributed by atoms with van der Waals surface area (Å²) in [4.78, 5) is 0. The van der Waals surface area contributed by atoms with Gasteiger partial charge in [0.1, 0.15) is 0 Å². The van der Waals surface area contributed by atoms with E-state index < -0.39 is 0 Å². The van der Waals surface area contributed by atoms with Crippen LogP contribution in [0.15, 0.2) is 0 Å². The Hall–Kier alpha value is -0.160. The molecule has 0 amide bonds. The molecule has 21 heavy (non-hydrogen) atoms. The first kappa shape index (κ1) is 20.8. The van der Waals surface area contributed by atoms with Gasteiger partial charge in [0, 0.05) is 20.1 Å². The van der Waals surface area contributed by atoms with Gasteiger partial charge in [-0.1, -0.05) is 6.92 Å². The van der Waals surface area contributed by atoms with E-state index in [1.807, 2.05) is 20.8 Å². The Labute approximate surface area is 131 Å². The van der Waals surface area contributed by atoms with Crippen molar-refractivity contribution in [1.82, 2.24) is 0 Å². The molecule has 4 heteroatoms. The maximum Gasteiger partial charge on any atom is 0.159 e. The quantitative estimate of drug-likeness (QED) is 0.568. The fourth-order valence-electron chi connectivity index (χ4n) is 1.78. The van der Waals surface area contributed by atoms with Crippen LogP contribution in [0.4, 0.5) is 0 Å². The number of hydrogen-bond donors (Lipinski definition) is 0. The number of methoxy groups -OCH3 is 1. The molecule has 0 aromatic rings. The van der Waals surface area contributed by atoms with Crippen molar-refractivity contribution < 1.29 is 18.9 Å². The summed E-state index contributed by atoms with van der Waals surface area (Å²) in [6, 6.07) is 0. The topological polar surface area (TPSA) is 36.9 Å². The highest BCUT2D eigenvalue weighted by atomic mass is 16.7. The summed E-state index contributed by atoms with van der Waals surface area (Å²) in [5, 5.41) is 0. The van der Waals surface area contributed by atoms with Crippen LogP contribution in [-0.4, -0.2) is 43.9 Å². The van der Waals surface area contributed by atoms with E-state index in [0.717, 1.165) is 19.3 Å². The summed E-state index contributed by atoms with van der Waals surface area (Å²) in [5.74, 6) is 0. The van der Waals surface area contributed by atoms with Crippen molar-refractivity contribution in [2.45, 2.75) is 91.3 Å². The molecule has 0 bridgehead atoms. The Morgan fingerprint density at radius 3 is 1.67 bits per heavy atom. The first-order chi connectivity index (χ1) is 9.57. The summed E-state index contributed by atoms with van der Waals surface area (Å²) in [6.07, 6.45) is 2.52. The Morgan fingerprint density at radius 1 is 0.810 bits per heavy atom. The Bertz CT molecular complexity index is 226. The minimum atomic E-state index is -0.216. The van der Waals surface area contributed by atoms with Crippen molar-refractivity contribution in [3.8, 4) is 0 Å². The van der Waals surface area contributed by atoms with Crippen molar-refractivity contribution in [2.24, 2.45) is 0 Å². The molecule has 2 unspecified atom stereocenters. The van der Waals surface area contributed by atoms with Crippen molar-refractivity contribution in [2.75, 3.05) is 20.3 Å². The van der Waals surface area contributed by atoms with E-state index in [1.165, 1.54) is 0 Å². The SMILES string of the molecule is CCC(CCOC(C)(C)C)OC(CCOC(C)(C)C)OC. The Kier molecular flexibility index (Phi) is 9.70. The molecule has 0 radical (unpaired) electrons. The second-order valence-electron chi connectivity index (χ2n) is 7.33. The van der Waals surface area contributed by atoms with Crippen LogP contribution < -0.4 is 0 Å². The molecule has 0 aliphatic heterocycles. The van der Waals surface area contributed by atoms with E-state index in [2.05, 4.69) is 27.7 Å². The molecule has 2 atom stereocenters. The molecule has 0 aliphatic rings. The fourth-order valence-corrected chi connectivity index (χ4v) is 1.78. The molecule has 0 aromatic carbocycles. The fraction of sp³-hybridized carbons (Fsp3) is 1.00. The smallest absolute Gasteiger partial charge is 0.159 e. The van der Waals surface area contributed by atoms with Crippen LogP contribution in [0.25, 0.3) is 0 Å². The van der Waals surface area contributed by atoms with Crippen LogP contribution in [0.5, 0.6) is 0 Å². The van der Waals surface area contributed by atoms with Gasteiger partial charge in [-0.25, -0.2) is 0 Å². The van der Waals surface area contributed by atoms with Gasteiger partial charge in [-0.05, 0) is 54.4 Å². The van der Waals surface area contributed by atoms with Gasteiger partial charge in [-0.15, -0.1) is 0 Å². The lowest BCUT2D eigenvalue weighted by Gasteiger charge is -2.26. The third kappa shape index (κ3) is 13.2. The molecule has 0 rings (SSSR count). The maximum atomic E-state index is 6.00. The van der Waals surface area contributed by atoms with Gasteiger partial charge in [0.05, 0.1) is 23.9 Å². The molecule has 0 aromatic heterocycles. The monoisotopic (exact) mass is 304 g/mol. The Morgan fingerprint density at radius 2 is 1.29 bits per heavy atom. The van der Waals surface area contributed by atoms with Crippen molar-refractivity contribution in [1.29, 1.82) is 0 Å². The van der Waals surface area contributed by atoms with Crippen LogP contribution in [0.3, 0.4) is 0 Å². The molecule has 0 fully saturated rings. The van der Waals surface area contributed by atoms with Gasteiger partial charge in [0.15, 0.2) is 6.29 Å². The first-order valence-corrected chi connectivity index (χ1v) is 8.03. The van der Waals surface area contributed by atoms with Gasteiger partial charge < -0.3 is 18.9 Å². The molecule has 0 heterocycles. The molecule has 0 aliphatic carbocycles. The zero-order valence-electron chi connectivity index (χ0n) is 15.3. The highest BCUT2D eigenvalue weighted by Gasteiger charge is 2.18. The number of ether oxygens (including phenoxy) is 4. The van der Waals surface area contributed by atoms with Crippen molar-refractivity contribution in [3.63, 3.8) is 0 Å². The minimum absolute atomic E-state index is 0.0977. The molecular formula is C17H36O4.